The molecule has 3 aromatic rings. The number of hydrogen-bond acceptors (Lipinski definition) is 3. The Morgan fingerprint density at radius 1 is 1.03 bits per heavy atom. The van der Waals surface area contributed by atoms with Crippen molar-refractivity contribution >= 4 is 74.6 Å². The number of halogens is 3. The van der Waals surface area contributed by atoms with Gasteiger partial charge in [0.1, 0.15) is 6.17 Å². The first-order valence-electron chi connectivity index (χ1n) is 8.59. The third-order valence-electron chi connectivity index (χ3n) is 4.07. The lowest BCUT2D eigenvalue weighted by molar-refractivity contribution is 0.0934. The number of benzene rings is 2. The SMILES string of the molecule is Cc1ccc(C(=O)N[C@@H](NC(=S)Nc2cccc3cccnc23)C(Cl)(Cl)Cl)cc1. The van der Waals surface area contributed by atoms with Crippen LogP contribution in [0.5, 0.6) is 0 Å². The summed E-state index contributed by atoms with van der Waals surface area (Å²) in [5.41, 5.74) is 2.90. The van der Waals surface area contributed by atoms with E-state index in [4.69, 9.17) is 47.0 Å². The molecule has 1 heterocycles. The van der Waals surface area contributed by atoms with Gasteiger partial charge in [-0.15, -0.1) is 0 Å². The summed E-state index contributed by atoms with van der Waals surface area (Å²) in [5, 5.41) is 9.66. The van der Waals surface area contributed by atoms with Gasteiger partial charge in [0.2, 0.25) is 3.79 Å². The molecule has 29 heavy (non-hydrogen) atoms. The van der Waals surface area contributed by atoms with E-state index in [-0.39, 0.29) is 5.11 Å². The first kappa shape index (κ1) is 21.6. The van der Waals surface area contributed by atoms with Crippen molar-refractivity contribution in [1.29, 1.82) is 0 Å². The summed E-state index contributed by atoms with van der Waals surface area (Å²) < 4.78 is -1.84. The van der Waals surface area contributed by atoms with Gasteiger partial charge in [0.05, 0.1) is 11.2 Å². The Bertz CT molecular complexity index is 1030. The van der Waals surface area contributed by atoms with Crippen LogP contribution in [0.1, 0.15) is 15.9 Å². The molecule has 0 saturated heterocycles. The minimum atomic E-state index is -1.84. The van der Waals surface area contributed by atoms with Crippen LogP contribution in [-0.2, 0) is 0 Å². The maximum atomic E-state index is 12.5. The van der Waals surface area contributed by atoms with Gasteiger partial charge in [-0.2, -0.15) is 0 Å². The quantitative estimate of drug-likeness (QED) is 0.288. The number of thiocarbonyl (C=S) groups is 1. The molecular weight excluding hydrogens is 451 g/mol. The Balaban J connectivity index is 1.73. The van der Waals surface area contributed by atoms with Crippen molar-refractivity contribution in [3.8, 4) is 0 Å². The number of amides is 1. The summed E-state index contributed by atoms with van der Waals surface area (Å²) in [4.78, 5) is 16.9. The summed E-state index contributed by atoms with van der Waals surface area (Å²) in [6.07, 6.45) is 0.625. The molecule has 2 aromatic carbocycles. The maximum Gasteiger partial charge on any atom is 0.252 e. The first-order chi connectivity index (χ1) is 13.7. The lowest BCUT2D eigenvalue weighted by Gasteiger charge is -2.28. The number of aryl methyl sites for hydroxylation is 1. The molecule has 0 aliphatic carbocycles. The van der Waals surface area contributed by atoms with Crippen molar-refractivity contribution in [1.82, 2.24) is 15.6 Å². The van der Waals surface area contributed by atoms with Crippen molar-refractivity contribution in [3.63, 3.8) is 0 Å². The van der Waals surface area contributed by atoms with Crippen molar-refractivity contribution in [2.24, 2.45) is 0 Å². The van der Waals surface area contributed by atoms with E-state index in [0.29, 0.717) is 11.3 Å². The molecule has 0 unspecified atom stereocenters. The van der Waals surface area contributed by atoms with Crippen LogP contribution in [-0.4, -0.2) is 26.0 Å². The van der Waals surface area contributed by atoms with Gasteiger partial charge in [-0.3, -0.25) is 9.78 Å². The molecule has 0 radical (unpaired) electrons. The number of pyridine rings is 1. The van der Waals surface area contributed by atoms with Crippen molar-refractivity contribution in [3.05, 3.63) is 71.9 Å². The smallest absolute Gasteiger partial charge is 0.252 e. The number of para-hydroxylation sites is 1. The summed E-state index contributed by atoms with van der Waals surface area (Å²) in [6, 6.07) is 16.5. The Kier molecular flexibility index (Phi) is 6.80. The Hall–Kier alpha value is -2.12. The van der Waals surface area contributed by atoms with Crippen LogP contribution in [0.25, 0.3) is 10.9 Å². The van der Waals surface area contributed by atoms with Crippen molar-refractivity contribution in [2.75, 3.05) is 5.32 Å². The van der Waals surface area contributed by atoms with Gasteiger partial charge in [0, 0.05) is 17.1 Å². The predicted octanol–water partition coefficient (Wildman–Crippen LogP) is 4.96. The van der Waals surface area contributed by atoms with Crippen LogP contribution in [0.4, 0.5) is 5.69 Å². The van der Waals surface area contributed by atoms with Crippen LogP contribution >= 0.6 is 47.0 Å². The third-order valence-corrected chi connectivity index (χ3v) is 4.95. The molecule has 9 heteroatoms. The van der Waals surface area contributed by atoms with Crippen LogP contribution in [0.2, 0.25) is 0 Å². The second-order valence-corrected chi connectivity index (χ2v) is 9.07. The molecule has 0 aliphatic rings. The fourth-order valence-corrected chi connectivity index (χ4v) is 3.17. The number of hydrogen-bond donors (Lipinski definition) is 3. The lowest BCUT2D eigenvalue weighted by Crippen LogP contribution is -2.56. The number of rotatable bonds is 4. The molecule has 3 rings (SSSR count). The Morgan fingerprint density at radius 2 is 1.72 bits per heavy atom. The molecule has 150 valence electrons. The van der Waals surface area contributed by atoms with E-state index in [1.54, 1.807) is 18.3 Å². The van der Waals surface area contributed by atoms with E-state index in [2.05, 4.69) is 20.9 Å². The molecule has 0 saturated carbocycles. The van der Waals surface area contributed by atoms with Gasteiger partial charge in [-0.05, 0) is 43.4 Å². The number of alkyl halides is 3. The zero-order chi connectivity index (χ0) is 21.0. The molecule has 0 fully saturated rings. The lowest BCUT2D eigenvalue weighted by atomic mass is 10.1. The van der Waals surface area contributed by atoms with E-state index in [1.165, 1.54) is 0 Å². The molecular formula is C20H17Cl3N4OS. The molecule has 1 amide bonds. The normalized spacial score (nSPS) is 12.3. The highest BCUT2D eigenvalue weighted by molar-refractivity contribution is 7.80. The van der Waals surface area contributed by atoms with Crippen molar-refractivity contribution in [2.45, 2.75) is 16.9 Å². The number of nitrogens with one attached hydrogen (secondary N) is 3. The number of fused-ring (bicyclic) bond motifs is 1. The van der Waals surface area contributed by atoms with Crippen LogP contribution < -0.4 is 16.0 Å². The van der Waals surface area contributed by atoms with Crippen LogP contribution in [0.15, 0.2) is 60.8 Å². The third kappa shape index (κ3) is 5.70. The standard InChI is InChI=1S/C20H17Cl3N4OS/c1-12-7-9-14(10-8-12)17(28)26-18(20(21,22)23)27-19(29)25-15-6-2-4-13-5-3-11-24-16(13)15/h2-11,18H,1H3,(H,26,28)(H2,25,27,29)/t18-/m0/s1. The van der Waals surface area contributed by atoms with E-state index in [0.717, 1.165) is 16.5 Å². The highest BCUT2D eigenvalue weighted by Gasteiger charge is 2.35. The average molecular weight is 468 g/mol. The van der Waals surface area contributed by atoms with E-state index >= 15 is 0 Å². The van der Waals surface area contributed by atoms with Crippen LogP contribution in [0, 0.1) is 6.92 Å². The summed E-state index contributed by atoms with van der Waals surface area (Å²) in [7, 11) is 0. The molecule has 5 nitrogen and oxygen atoms in total. The monoisotopic (exact) mass is 466 g/mol. The van der Waals surface area contributed by atoms with Crippen LogP contribution in [0.3, 0.4) is 0 Å². The minimum absolute atomic E-state index is 0.170. The van der Waals surface area contributed by atoms with E-state index in [9.17, 15) is 4.79 Å². The number of carbonyl (C=O) groups excluding carboxylic acids is 1. The molecule has 0 spiro atoms. The highest BCUT2D eigenvalue weighted by atomic mass is 35.6. The predicted molar refractivity (Wildman–Crippen MR) is 124 cm³/mol. The molecule has 3 N–H and O–H groups in total. The average Bonchev–Trinajstić information content (AvgIpc) is 2.67. The van der Waals surface area contributed by atoms with E-state index < -0.39 is 15.9 Å². The number of aromatic nitrogens is 1. The largest absolute Gasteiger partial charge is 0.339 e. The molecule has 1 aromatic heterocycles. The minimum Gasteiger partial charge on any atom is -0.339 e. The Labute approximate surface area is 188 Å². The van der Waals surface area contributed by atoms with Gasteiger partial charge < -0.3 is 16.0 Å². The second-order valence-electron chi connectivity index (χ2n) is 6.29. The van der Waals surface area contributed by atoms with Gasteiger partial charge in [0.15, 0.2) is 5.11 Å². The number of nitrogens with zero attached hydrogens (tertiary/aromatic N) is 1. The zero-order valence-corrected chi connectivity index (χ0v) is 18.3. The van der Waals surface area contributed by atoms with Gasteiger partial charge >= 0.3 is 0 Å². The Morgan fingerprint density at radius 3 is 2.41 bits per heavy atom. The van der Waals surface area contributed by atoms with Gasteiger partial charge in [0.25, 0.3) is 5.91 Å². The van der Waals surface area contributed by atoms with Crippen molar-refractivity contribution < 1.29 is 4.79 Å². The molecule has 0 aliphatic heterocycles. The topological polar surface area (TPSA) is 66.1 Å². The molecule has 0 bridgehead atoms. The zero-order valence-electron chi connectivity index (χ0n) is 15.2. The summed E-state index contributed by atoms with van der Waals surface area (Å²) in [6.45, 7) is 1.93. The highest BCUT2D eigenvalue weighted by Crippen LogP contribution is 2.29. The summed E-state index contributed by atoms with van der Waals surface area (Å²) >= 11 is 23.5. The van der Waals surface area contributed by atoms with E-state index in [1.807, 2.05) is 49.4 Å². The van der Waals surface area contributed by atoms with Gasteiger partial charge in [-0.25, -0.2) is 0 Å². The molecule has 1 atom stereocenters. The fraction of sp³-hybridized carbons (Fsp3) is 0.150. The fourth-order valence-electron chi connectivity index (χ4n) is 2.61. The number of carbonyl (C=O) groups is 1. The maximum absolute atomic E-state index is 12.5. The van der Waals surface area contributed by atoms with Gasteiger partial charge in [-0.1, -0.05) is 70.7 Å². The summed E-state index contributed by atoms with van der Waals surface area (Å²) in [5.74, 6) is -0.400. The second kappa shape index (κ2) is 9.13. The number of anilines is 1. The first-order valence-corrected chi connectivity index (χ1v) is 10.1.